The molecule has 8 heteroatoms. The topological polar surface area (TPSA) is 54.3 Å². The second kappa shape index (κ2) is 9.90. The Labute approximate surface area is 186 Å². The summed E-state index contributed by atoms with van der Waals surface area (Å²) in [5.74, 6) is -0.642. The average Bonchev–Trinajstić information content (AvgIpc) is 3.20. The molecule has 2 heterocycles. The third-order valence-corrected chi connectivity index (χ3v) is 6.25. The van der Waals surface area contributed by atoms with Gasteiger partial charge >= 0.3 is 6.18 Å². The Morgan fingerprint density at radius 1 is 1.22 bits per heavy atom. The van der Waals surface area contributed by atoms with Gasteiger partial charge in [0.15, 0.2) is 5.43 Å². The van der Waals surface area contributed by atoms with Crippen LogP contribution in [0.15, 0.2) is 35.1 Å². The van der Waals surface area contributed by atoms with Crippen LogP contribution >= 0.6 is 0 Å². The minimum Gasteiger partial charge on any atom is -0.348 e. The second-order valence-corrected chi connectivity index (χ2v) is 8.20. The summed E-state index contributed by atoms with van der Waals surface area (Å²) in [7, 11) is 0. The highest BCUT2D eigenvalue weighted by Crippen LogP contribution is 2.31. The predicted octanol–water partition coefficient (Wildman–Crippen LogP) is 4.15. The van der Waals surface area contributed by atoms with Crippen LogP contribution in [-0.4, -0.2) is 34.5 Å². The molecule has 0 unspecified atom stereocenters. The Morgan fingerprint density at radius 2 is 1.94 bits per heavy atom. The highest BCUT2D eigenvalue weighted by Gasteiger charge is 2.33. The Morgan fingerprint density at radius 3 is 2.59 bits per heavy atom. The zero-order valence-corrected chi connectivity index (χ0v) is 18.8. The van der Waals surface area contributed by atoms with E-state index in [1.165, 1.54) is 24.3 Å². The van der Waals surface area contributed by atoms with E-state index < -0.39 is 23.1 Å². The highest BCUT2D eigenvalue weighted by atomic mass is 19.4. The van der Waals surface area contributed by atoms with Crippen molar-refractivity contribution in [2.75, 3.05) is 13.1 Å². The van der Waals surface area contributed by atoms with Crippen LogP contribution in [0.1, 0.15) is 59.6 Å². The van der Waals surface area contributed by atoms with Crippen molar-refractivity contribution in [1.82, 2.24) is 14.8 Å². The fraction of sp³-hybridized carbons (Fsp3) is 0.500. The van der Waals surface area contributed by atoms with Crippen molar-refractivity contribution in [3.05, 3.63) is 68.6 Å². The molecule has 174 valence electrons. The lowest BCUT2D eigenvalue weighted by Crippen LogP contribution is -2.37. The zero-order chi connectivity index (χ0) is 23.5. The smallest absolute Gasteiger partial charge is 0.348 e. The van der Waals surface area contributed by atoms with E-state index in [0.717, 1.165) is 37.7 Å². The summed E-state index contributed by atoms with van der Waals surface area (Å²) in [6.07, 6.45) is -1.87. The van der Waals surface area contributed by atoms with Crippen LogP contribution in [0, 0.1) is 6.92 Å². The molecule has 1 aromatic carbocycles. The molecule has 5 nitrogen and oxygen atoms in total. The van der Waals surface area contributed by atoms with Crippen molar-refractivity contribution in [3.8, 4) is 0 Å². The molecular weight excluding hydrogens is 419 g/mol. The molecule has 0 bridgehead atoms. The quantitative estimate of drug-likeness (QED) is 0.691. The van der Waals surface area contributed by atoms with E-state index in [-0.39, 0.29) is 17.7 Å². The number of hydrogen-bond acceptors (Lipinski definition) is 3. The van der Waals surface area contributed by atoms with Crippen molar-refractivity contribution in [3.63, 3.8) is 0 Å². The first-order chi connectivity index (χ1) is 15.2. The van der Waals surface area contributed by atoms with Crippen LogP contribution in [0.4, 0.5) is 13.2 Å². The van der Waals surface area contributed by atoms with E-state index >= 15 is 0 Å². The third kappa shape index (κ3) is 5.06. The number of hydrogen-bond donors (Lipinski definition) is 1. The van der Waals surface area contributed by atoms with E-state index in [0.29, 0.717) is 24.7 Å². The second-order valence-electron chi connectivity index (χ2n) is 8.20. The van der Waals surface area contributed by atoms with E-state index in [9.17, 15) is 22.8 Å². The molecule has 1 fully saturated rings. The zero-order valence-electron chi connectivity index (χ0n) is 18.8. The third-order valence-electron chi connectivity index (χ3n) is 6.25. The van der Waals surface area contributed by atoms with E-state index in [1.54, 1.807) is 0 Å². The van der Waals surface area contributed by atoms with Crippen LogP contribution in [0.3, 0.4) is 0 Å². The summed E-state index contributed by atoms with van der Waals surface area (Å²) >= 11 is 0. The van der Waals surface area contributed by atoms with Crippen LogP contribution in [-0.2, 0) is 25.7 Å². The van der Waals surface area contributed by atoms with Crippen LogP contribution in [0.2, 0.25) is 0 Å². The van der Waals surface area contributed by atoms with Gasteiger partial charge in [0.2, 0.25) is 0 Å². The summed E-state index contributed by atoms with van der Waals surface area (Å²) in [6, 6.07) is 6.90. The van der Waals surface area contributed by atoms with E-state index in [1.807, 2.05) is 18.4 Å². The lowest BCUT2D eigenvalue weighted by atomic mass is 10.1. The van der Waals surface area contributed by atoms with E-state index in [2.05, 4.69) is 17.1 Å². The Kier molecular flexibility index (Phi) is 7.44. The first-order valence-corrected chi connectivity index (χ1v) is 11.1. The number of nitrogens with one attached hydrogen (secondary N) is 1. The number of carbonyl (C=O) groups is 1. The Bertz CT molecular complexity index is 1030. The number of likely N-dealkylation sites (tertiary alicyclic amines) is 1. The largest absolute Gasteiger partial charge is 0.416 e. The van der Waals surface area contributed by atoms with Gasteiger partial charge in [-0.1, -0.05) is 32.0 Å². The predicted molar refractivity (Wildman–Crippen MR) is 118 cm³/mol. The number of carbonyl (C=O) groups excluding carboxylic acids is 1. The molecule has 1 aliphatic heterocycles. The maximum Gasteiger partial charge on any atom is 0.416 e. The van der Waals surface area contributed by atoms with Gasteiger partial charge in [0.25, 0.3) is 5.91 Å². The summed E-state index contributed by atoms with van der Waals surface area (Å²) in [4.78, 5) is 28.1. The fourth-order valence-electron chi connectivity index (χ4n) is 4.64. The van der Waals surface area contributed by atoms with Gasteiger partial charge < -0.3 is 9.88 Å². The molecule has 0 aliphatic carbocycles. The van der Waals surface area contributed by atoms with Gasteiger partial charge in [0.1, 0.15) is 5.56 Å². The normalized spacial score (nSPS) is 17.0. The minimum atomic E-state index is -4.51. The molecule has 1 saturated heterocycles. The lowest BCUT2D eigenvalue weighted by molar-refractivity contribution is -0.138. The molecule has 1 N–H and O–H groups in total. The van der Waals surface area contributed by atoms with Crippen molar-refractivity contribution in [2.45, 2.75) is 65.3 Å². The number of nitrogens with zero attached hydrogens (tertiary/aromatic N) is 2. The molecule has 3 rings (SSSR count). The summed E-state index contributed by atoms with van der Waals surface area (Å²) in [5, 5.41) is 2.54. The molecule has 1 amide bonds. The molecule has 1 aliphatic rings. The Hall–Kier alpha value is -2.61. The van der Waals surface area contributed by atoms with Gasteiger partial charge in [0, 0.05) is 36.6 Å². The van der Waals surface area contributed by atoms with E-state index in [4.69, 9.17) is 0 Å². The summed E-state index contributed by atoms with van der Waals surface area (Å²) in [5.41, 5.74) is 0.189. The monoisotopic (exact) mass is 449 g/mol. The van der Waals surface area contributed by atoms with Crippen LogP contribution in [0.5, 0.6) is 0 Å². The standard InChI is InChI=1S/C24H30F3N3O2/c1-4-20-22(23(32)28-14-17-9-6-7-11-19(17)24(25,26)27)21(31)13-16(3)30(20)15-18-10-8-12-29(18)5-2/h6-7,9,11,13,18H,4-5,8,10,12,14-15H2,1-3H3,(H,28,32)/t18-/m0/s1. The lowest BCUT2D eigenvalue weighted by Gasteiger charge is -2.27. The molecule has 0 radical (unpaired) electrons. The number of likely N-dealkylation sites (N-methyl/N-ethyl adjacent to an activating group) is 1. The molecule has 2 aromatic rings. The van der Waals surface area contributed by atoms with Gasteiger partial charge in [-0.25, -0.2) is 0 Å². The number of amides is 1. The number of pyridine rings is 1. The molecule has 32 heavy (non-hydrogen) atoms. The van der Waals surface area contributed by atoms with Gasteiger partial charge in [-0.3, -0.25) is 14.5 Å². The fourth-order valence-corrected chi connectivity index (χ4v) is 4.64. The average molecular weight is 450 g/mol. The van der Waals surface area contributed by atoms with Gasteiger partial charge in [-0.15, -0.1) is 0 Å². The molecular formula is C24H30F3N3O2. The first kappa shape index (κ1) is 24.0. The number of alkyl halides is 3. The van der Waals surface area contributed by atoms with Gasteiger partial charge in [-0.05, 0) is 50.9 Å². The SMILES string of the molecule is CCc1c(C(=O)NCc2ccccc2C(F)(F)F)c(=O)cc(C)n1C[C@@H]1CCCN1CC. The number of benzene rings is 1. The van der Waals surface area contributed by atoms with Crippen molar-refractivity contribution < 1.29 is 18.0 Å². The van der Waals surface area contributed by atoms with Crippen molar-refractivity contribution in [2.24, 2.45) is 0 Å². The van der Waals surface area contributed by atoms with Crippen molar-refractivity contribution in [1.29, 1.82) is 0 Å². The van der Waals surface area contributed by atoms with Gasteiger partial charge in [-0.2, -0.15) is 13.2 Å². The highest BCUT2D eigenvalue weighted by molar-refractivity contribution is 5.95. The molecule has 0 spiro atoms. The number of aromatic nitrogens is 1. The van der Waals surface area contributed by atoms with Gasteiger partial charge in [0.05, 0.1) is 5.56 Å². The summed E-state index contributed by atoms with van der Waals surface area (Å²) in [6.45, 7) is 8.21. The number of aryl methyl sites for hydroxylation is 1. The van der Waals surface area contributed by atoms with Crippen molar-refractivity contribution >= 4 is 5.91 Å². The molecule has 0 saturated carbocycles. The minimum absolute atomic E-state index is 0.0173. The maximum absolute atomic E-state index is 13.3. The Balaban J connectivity index is 1.89. The first-order valence-electron chi connectivity index (χ1n) is 11.1. The number of rotatable bonds is 7. The van der Waals surface area contributed by atoms with Crippen LogP contribution < -0.4 is 10.7 Å². The maximum atomic E-state index is 13.3. The molecule has 1 aromatic heterocycles. The molecule has 1 atom stereocenters. The number of halogens is 3. The van der Waals surface area contributed by atoms with Crippen LogP contribution in [0.25, 0.3) is 0 Å². The summed E-state index contributed by atoms with van der Waals surface area (Å²) < 4.78 is 41.8.